The number of hydrogen-bond acceptors (Lipinski definition) is 3. The minimum atomic E-state index is -0.307. The first-order valence-electron chi connectivity index (χ1n) is 4.70. The van der Waals surface area contributed by atoms with Crippen molar-refractivity contribution in [2.24, 2.45) is 0 Å². The first-order valence-corrected chi connectivity index (χ1v) is 4.70. The summed E-state index contributed by atoms with van der Waals surface area (Å²) in [4.78, 5) is 2.13. The summed E-state index contributed by atoms with van der Waals surface area (Å²) in [5.41, 5.74) is 0. The minimum Gasteiger partial charge on any atom is -0.378 e. The molecule has 0 bridgehead atoms. The van der Waals surface area contributed by atoms with Crippen LogP contribution in [0, 0.1) is 0 Å². The molecule has 0 aliphatic carbocycles. The lowest BCUT2D eigenvalue weighted by molar-refractivity contribution is -0.119. The summed E-state index contributed by atoms with van der Waals surface area (Å²) in [7, 11) is 0. The van der Waals surface area contributed by atoms with Crippen molar-refractivity contribution in [2.75, 3.05) is 13.2 Å². The fourth-order valence-corrected chi connectivity index (χ4v) is 1.81. The minimum absolute atomic E-state index is 0.307. The highest BCUT2D eigenvalue weighted by Gasteiger charge is 2.29. The first-order chi connectivity index (χ1) is 5.66. The van der Waals surface area contributed by atoms with E-state index in [-0.39, 0.29) is 6.23 Å². The van der Waals surface area contributed by atoms with Crippen molar-refractivity contribution in [2.45, 2.75) is 45.5 Å². The topological polar surface area (TPSA) is 32.7 Å². The van der Waals surface area contributed by atoms with Crippen LogP contribution in [-0.4, -0.2) is 41.5 Å². The largest absolute Gasteiger partial charge is 0.378 e. The predicted octanol–water partition coefficient (Wildman–Crippen LogP) is 0.824. The van der Waals surface area contributed by atoms with Crippen LogP contribution in [0.2, 0.25) is 0 Å². The third kappa shape index (κ3) is 1.97. The van der Waals surface area contributed by atoms with Crippen LogP contribution in [0.1, 0.15) is 27.2 Å². The Morgan fingerprint density at radius 3 is 2.33 bits per heavy atom. The van der Waals surface area contributed by atoms with Crippen LogP contribution in [0.3, 0.4) is 0 Å². The molecule has 3 unspecified atom stereocenters. The number of nitrogens with zero attached hydrogens (tertiary/aromatic N) is 1. The van der Waals surface area contributed by atoms with Crippen LogP contribution in [0.4, 0.5) is 0 Å². The Bertz CT molecular complexity index is 125. The van der Waals surface area contributed by atoms with Crippen LogP contribution in [0.15, 0.2) is 0 Å². The normalized spacial score (nSPS) is 35.0. The van der Waals surface area contributed by atoms with Gasteiger partial charge in [-0.3, -0.25) is 4.90 Å². The highest BCUT2D eigenvalue weighted by Crippen LogP contribution is 2.16. The molecule has 3 atom stereocenters. The van der Waals surface area contributed by atoms with Crippen LogP contribution in [0.25, 0.3) is 0 Å². The number of morpholine rings is 1. The predicted molar refractivity (Wildman–Crippen MR) is 47.9 cm³/mol. The van der Waals surface area contributed by atoms with Gasteiger partial charge in [-0.05, 0) is 20.3 Å². The van der Waals surface area contributed by atoms with Crippen molar-refractivity contribution in [1.29, 1.82) is 0 Å². The third-order valence-electron chi connectivity index (χ3n) is 2.45. The van der Waals surface area contributed by atoms with Gasteiger partial charge in [-0.25, -0.2) is 0 Å². The van der Waals surface area contributed by atoms with E-state index < -0.39 is 0 Å². The molecule has 0 aromatic rings. The molecule has 3 heteroatoms. The zero-order valence-corrected chi connectivity index (χ0v) is 8.16. The Morgan fingerprint density at radius 2 is 1.92 bits per heavy atom. The van der Waals surface area contributed by atoms with Gasteiger partial charge >= 0.3 is 0 Å². The maximum atomic E-state index is 9.69. The Morgan fingerprint density at radius 1 is 1.42 bits per heavy atom. The molecular weight excluding hydrogens is 154 g/mol. The van der Waals surface area contributed by atoms with Crippen molar-refractivity contribution in [3.63, 3.8) is 0 Å². The first kappa shape index (κ1) is 9.96. The summed E-state index contributed by atoms with van der Waals surface area (Å²) in [6.07, 6.45) is 0.480. The molecule has 1 aliphatic heterocycles. The van der Waals surface area contributed by atoms with Crippen molar-refractivity contribution in [1.82, 2.24) is 4.90 Å². The fourth-order valence-electron chi connectivity index (χ4n) is 1.81. The average Bonchev–Trinajstić information content (AvgIpc) is 2.03. The summed E-state index contributed by atoms with van der Waals surface area (Å²) in [5.74, 6) is 0. The monoisotopic (exact) mass is 173 g/mol. The van der Waals surface area contributed by atoms with Gasteiger partial charge in [0.25, 0.3) is 0 Å². The van der Waals surface area contributed by atoms with E-state index >= 15 is 0 Å². The van der Waals surface area contributed by atoms with Crippen LogP contribution in [-0.2, 0) is 4.74 Å². The second-order valence-corrected chi connectivity index (χ2v) is 3.57. The van der Waals surface area contributed by atoms with E-state index in [0.717, 1.165) is 19.6 Å². The number of rotatable bonds is 2. The lowest BCUT2D eigenvalue weighted by Crippen LogP contribution is -2.54. The molecule has 0 amide bonds. The summed E-state index contributed by atoms with van der Waals surface area (Å²) >= 11 is 0. The van der Waals surface area contributed by atoms with Gasteiger partial charge in [0, 0.05) is 12.1 Å². The Labute approximate surface area is 74.3 Å². The van der Waals surface area contributed by atoms with Crippen molar-refractivity contribution in [3.8, 4) is 0 Å². The van der Waals surface area contributed by atoms with E-state index in [1.807, 2.05) is 6.92 Å². The van der Waals surface area contributed by atoms with Gasteiger partial charge < -0.3 is 9.84 Å². The average molecular weight is 173 g/mol. The van der Waals surface area contributed by atoms with Gasteiger partial charge in [0.1, 0.15) is 6.23 Å². The Balaban J connectivity index is 2.56. The van der Waals surface area contributed by atoms with Gasteiger partial charge in [-0.15, -0.1) is 0 Å². The number of aliphatic hydroxyl groups excluding tert-OH is 1. The molecule has 1 saturated heterocycles. The van der Waals surface area contributed by atoms with E-state index in [9.17, 15) is 5.11 Å². The molecule has 0 saturated carbocycles. The maximum absolute atomic E-state index is 9.69. The van der Waals surface area contributed by atoms with Gasteiger partial charge in [0.15, 0.2) is 0 Å². The highest BCUT2D eigenvalue weighted by molar-refractivity contribution is 4.79. The zero-order valence-electron chi connectivity index (χ0n) is 8.16. The molecular formula is C9H19NO2. The molecule has 0 radical (unpaired) electrons. The van der Waals surface area contributed by atoms with Crippen LogP contribution >= 0.6 is 0 Å². The van der Waals surface area contributed by atoms with Gasteiger partial charge in [-0.1, -0.05) is 6.92 Å². The van der Waals surface area contributed by atoms with Gasteiger partial charge in [0.05, 0.1) is 13.2 Å². The lowest BCUT2D eigenvalue weighted by Gasteiger charge is -2.41. The van der Waals surface area contributed by atoms with E-state index in [2.05, 4.69) is 18.7 Å². The van der Waals surface area contributed by atoms with Crippen molar-refractivity contribution < 1.29 is 9.84 Å². The Hall–Kier alpha value is -0.120. The standard InChI is InChI=1S/C9H19NO2/c1-4-9(11)10-7(2)5-12-6-8(10)3/h7-9,11H,4-6H2,1-3H3. The number of ether oxygens (including phenoxy) is 1. The number of hydrogen-bond donors (Lipinski definition) is 1. The highest BCUT2D eigenvalue weighted by atomic mass is 16.5. The second kappa shape index (κ2) is 4.21. The molecule has 0 aromatic heterocycles. The molecule has 1 N–H and O–H groups in total. The molecule has 1 fully saturated rings. The summed E-state index contributed by atoms with van der Waals surface area (Å²) in [6.45, 7) is 7.66. The molecule has 1 rings (SSSR count). The van der Waals surface area contributed by atoms with E-state index in [4.69, 9.17) is 4.74 Å². The maximum Gasteiger partial charge on any atom is 0.107 e. The smallest absolute Gasteiger partial charge is 0.107 e. The van der Waals surface area contributed by atoms with Crippen LogP contribution < -0.4 is 0 Å². The molecule has 72 valence electrons. The summed E-state index contributed by atoms with van der Waals surface area (Å²) in [5, 5.41) is 9.69. The zero-order chi connectivity index (χ0) is 9.14. The SMILES string of the molecule is CCC(O)N1C(C)COCC1C. The second-order valence-electron chi connectivity index (χ2n) is 3.57. The summed E-state index contributed by atoms with van der Waals surface area (Å²) < 4.78 is 5.37. The molecule has 0 spiro atoms. The van der Waals surface area contributed by atoms with E-state index in [0.29, 0.717) is 12.1 Å². The lowest BCUT2D eigenvalue weighted by atomic mass is 10.1. The van der Waals surface area contributed by atoms with Crippen LogP contribution in [0.5, 0.6) is 0 Å². The van der Waals surface area contributed by atoms with Gasteiger partial charge in [0.2, 0.25) is 0 Å². The quantitative estimate of drug-likeness (QED) is 0.671. The molecule has 1 heterocycles. The van der Waals surface area contributed by atoms with Crippen molar-refractivity contribution >= 4 is 0 Å². The van der Waals surface area contributed by atoms with Gasteiger partial charge in [-0.2, -0.15) is 0 Å². The molecule has 12 heavy (non-hydrogen) atoms. The summed E-state index contributed by atoms with van der Waals surface area (Å²) in [6, 6.07) is 0.674. The molecule has 3 nitrogen and oxygen atoms in total. The van der Waals surface area contributed by atoms with E-state index in [1.165, 1.54) is 0 Å². The third-order valence-corrected chi connectivity index (χ3v) is 2.45. The number of aliphatic hydroxyl groups is 1. The van der Waals surface area contributed by atoms with E-state index in [1.54, 1.807) is 0 Å². The molecule has 1 aliphatic rings. The Kier molecular flexibility index (Phi) is 3.50. The fraction of sp³-hybridized carbons (Fsp3) is 1.00. The molecule has 0 aromatic carbocycles. The van der Waals surface area contributed by atoms with Crippen molar-refractivity contribution in [3.05, 3.63) is 0 Å².